The van der Waals surface area contributed by atoms with Gasteiger partial charge in [0.15, 0.2) is 0 Å². The smallest absolute Gasteiger partial charge is 0.852 e. The molecule has 0 N–H and O–H groups in total. The normalized spacial score (nSPS) is 8.31. The number of hydrogen-bond acceptors (Lipinski definition) is 3. The summed E-state index contributed by atoms with van der Waals surface area (Å²) in [4.78, 5) is 0. The van der Waals surface area contributed by atoms with E-state index in [0.29, 0.717) is 0 Å². The van der Waals surface area contributed by atoms with Crippen molar-refractivity contribution in [3.63, 3.8) is 0 Å². The molecular formula is C9H21BO3. The van der Waals surface area contributed by atoms with Gasteiger partial charge in [-0.05, 0) is 0 Å². The van der Waals surface area contributed by atoms with E-state index >= 15 is 0 Å². The van der Waals surface area contributed by atoms with Crippen LogP contribution in [0.25, 0.3) is 0 Å². The molecule has 0 saturated carbocycles. The van der Waals surface area contributed by atoms with E-state index in [2.05, 4.69) is 0 Å². The summed E-state index contributed by atoms with van der Waals surface area (Å²) in [5.41, 5.74) is 0. The zero-order chi connectivity index (χ0) is 10.7. The van der Waals surface area contributed by atoms with Crippen molar-refractivity contribution < 1.29 is 15.3 Å². The Morgan fingerprint density at radius 2 is 0.538 bits per heavy atom. The quantitative estimate of drug-likeness (QED) is 0.452. The summed E-state index contributed by atoms with van der Waals surface area (Å²) in [6, 6.07) is 0. The first-order valence-corrected chi connectivity index (χ1v) is 4.17. The summed E-state index contributed by atoms with van der Waals surface area (Å²) in [6.45, 7) is 9.67. The second-order valence-corrected chi connectivity index (χ2v) is 3.15. The molecule has 0 aliphatic heterocycles. The average Bonchev–Trinajstić information content (AvgIpc) is 1.54. The van der Waals surface area contributed by atoms with Crippen LogP contribution in [-0.2, 0) is 0 Å². The van der Waals surface area contributed by atoms with Crippen LogP contribution in [0.5, 0.6) is 0 Å². The Balaban J connectivity index is -0.0000000450. The zero-order valence-electron chi connectivity index (χ0n) is 9.53. The Morgan fingerprint density at radius 3 is 0.538 bits per heavy atom. The van der Waals surface area contributed by atoms with Crippen molar-refractivity contribution in [2.45, 2.75) is 59.9 Å². The molecule has 0 aliphatic rings. The predicted molar refractivity (Wildman–Crippen MR) is 51.2 cm³/mol. The SMILES string of the molecule is CC(C)[O-].CC(C)[O-].CC(C)[O-].[B+3]. The maximum Gasteiger partial charge on any atom is 3.00 e. The minimum Gasteiger partial charge on any atom is -0.852 e. The van der Waals surface area contributed by atoms with Crippen LogP contribution in [0.15, 0.2) is 0 Å². The number of hydrogen-bond donors (Lipinski definition) is 0. The Kier molecular flexibility index (Phi) is 31.8. The molecule has 78 valence electrons. The number of rotatable bonds is 0. The minimum atomic E-state index is -0.417. The second kappa shape index (κ2) is 17.9. The van der Waals surface area contributed by atoms with Crippen molar-refractivity contribution in [2.75, 3.05) is 0 Å². The molecule has 0 aromatic carbocycles. The van der Waals surface area contributed by atoms with E-state index in [4.69, 9.17) is 0 Å². The first kappa shape index (κ1) is 23.1. The maximum atomic E-state index is 9.53. The molecule has 0 saturated heterocycles. The molecule has 0 aromatic heterocycles. The van der Waals surface area contributed by atoms with E-state index in [0.717, 1.165) is 0 Å². The molecule has 0 unspecified atom stereocenters. The van der Waals surface area contributed by atoms with Crippen molar-refractivity contribution in [2.24, 2.45) is 0 Å². The molecule has 0 aliphatic carbocycles. The third-order valence-corrected chi connectivity index (χ3v) is 0. The van der Waals surface area contributed by atoms with Gasteiger partial charge in [-0.1, -0.05) is 41.5 Å². The molecule has 3 nitrogen and oxygen atoms in total. The van der Waals surface area contributed by atoms with Crippen molar-refractivity contribution in [1.82, 2.24) is 0 Å². The van der Waals surface area contributed by atoms with Gasteiger partial charge in [0, 0.05) is 0 Å². The molecule has 0 spiro atoms. The van der Waals surface area contributed by atoms with Crippen molar-refractivity contribution >= 4 is 8.41 Å². The average molecular weight is 188 g/mol. The summed E-state index contributed by atoms with van der Waals surface area (Å²) in [7, 11) is 0. The van der Waals surface area contributed by atoms with Crippen molar-refractivity contribution in [3.05, 3.63) is 0 Å². The largest absolute Gasteiger partial charge is 3.00 e. The van der Waals surface area contributed by atoms with E-state index in [1.165, 1.54) is 0 Å². The molecule has 0 atom stereocenters. The van der Waals surface area contributed by atoms with Crippen molar-refractivity contribution in [3.8, 4) is 0 Å². The van der Waals surface area contributed by atoms with Crippen LogP contribution in [0.1, 0.15) is 41.5 Å². The van der Waals surface area contributed by atoms with Gasteiger partial charge in [0.2, 0.25) is 0 Å². The monoisotopic (exact) mass is 188 g/mol. The first-order chi connectivity index (χ1) is 5.20. The van der Waals surface area contributed by atoms with Gasteiger partial charge >= 0.3 is 8.41 Å². The predicted octanol–water partition coefficient (Wildman–Crippen LogP) is -1.12. The van der Waals surface area contributed by atoms with Gasteiger partial charge in [-0.3, -0.25) is 0 Å². The Morgan fingerprint density at radius 1 is 0.538 bits per heavy atom. The van der Waals surface area contributed by atoms with Gasteiger partial charge in [0.25, 0.3) is 0 Å². The molecule has 0 rings (SSSR count). The van der Waals surface area contributed by atoms with Gasteiger partial charge in [-0.15, -0.1) is 18.3 Å². The molecule has 0 bridgehead atoms. The molecule has 13 heavy (non-hydrogen) atoms. The van der Waals surface area contributed by atoms with Gasteiger partial charge in [0.05, 0.1) is 0 Å². The fourth-order valence-electron chi connectivity index (χ4n) is 0. The van der Waals surface area contributed by atoms with Crippen LogP contribution in [-0.4, -0.2) is 26.7 Å². The molecule has 0 amide bonds. The van der Waals surface area contributed by atoms with E-state index in [9.17, 15) is 15.3 Å². The Bertz CT molecular complexity index is 43.4. The zero-order valence-corrected chi connectivity index (χ0v) is 9.53. The molecule has 0 heterocycles. The van der Waals surface area contributed by atoms with Gasteiger partial charge < -0.3 is 15.3 Å². The van der Waals surface area contributed by atoms with Crippen LogP contribution in [0.4, 0.5) is 0 Å². The van der Waals surface area contributed by atoms with E-state index in [-0.39, 0.29) is 8.41 Å². The summed E-state index contributed by atoms with van der Waals surface area (Å²) >= 11 is 0. The van der Waals surface area contributed by atoms with Gasteiger partial charge in [-0.25, -0.2) is 0 Å². The van der Waals surface area contributed by atoms with Crippen LogP contribution in [0.2, 0.25) is 0 Å². The van der Waals surface area contributed by atoms with Crippen LogP contribution in [0, 0.1) is 0 Å². The summed E-state index contributed by atoms with van der Waals surface area (Å²) in [6.07, 6.45) is -1.25. The van der Waals surface area contributed by atoms with E-state index in [1.807, 2.05) is 0 Å². The van der Waals surface area contributed by atoms with Crippen LogP contribution < -0.4 is 15.3 Å². The van der Waals surface area contributed by atoms with E-state index in [1.54, 1.807) is 41.5 Å². The Hall–Kier alpha value is -0.0551. The third-order valence-electron chi connectivity index (χ3n) is 0. The summed E-state index contributed by atoms with van der Waals surface area (Å²) in [5.74, 6) is 0. The molecule has 0 fully saturated rings. The maximum absolute atomic E-state index is 9.53. The Labute approximate surface area is 84.4 Å². The fraction of sp³-hybridized carbons (Fsp3) is 1.00. The molecule has 0 aromatic rings. The van der Waals surface area contributed by atoms with Gasteiger partial charge in [0.1, 0.15) is 0 Å². The molecule has 4 heteroatoms. The first-order valence-electron chi connectivity index (χ1n) is 4.17. The van der Waals surface area contributed by atoms with Crippen LogP contribution >= 0.6 is 0 Å². The molecular weight excluding hydrogens is 167 g/mol. The minimum absolute atomic E-state index is 0. The fourth-order valence-corrected chi connectivity index (χ4v) is 0. The summed E-state index contributed by atoms with van der Waals surface area (Å²) < 4.78 is 0. The topological polar surface area (TPSA) is 69.2 Å². The van der Waals surface area contributed by atoms with E-state index < -0.39 is 18.3 Å². The third kappa shape index (κ3) is 390000. The second-order valence-electron chi connectivity index (χ2n) is 3.15. The van der Waals surface area contributed by atoms with Crippen molar-refractivity contribution in [1.29, 1.82) is 0 Å². The van der Waals surface area contributed by atoms with Gasteiger partial charge in [-0.2, -0.15) is 0 Å². The standard InChI is InChI=1S/3C3H7O.B/c3*1-3(2)4;/h3*3H,1-2H3;/q3*-1;+3. The molecule has 0 radical (unpaired) electrons. The van der Waals surface area contributed by atoms with Crippen LogP contribution in [0.3, 0.4) is 0 Å². The summed E-state index contributed by atoms with van der Waals surface area (Å²) in [5, 5.41) is 28.6.